The fourth-order valence-corrected chi connectivity index (χ4v) is 2.18. The lowest BCUT2D eigenvalue weighted by Gasteiger charge is -2.18. The van der Waals surface area contributed by atoms with Crippen LogP contribution in [0.4, 0.5) is 4.79 Å². The van der Waals surface area contributed by atoms with Gasteiger partial charge in [0.05, 0.1) is 12.5 Å². The molecule has 0 bridgehead atoms. The van der Waals surface area contributed by atoms with E-state index in [4.69, 9.17) is 20.5 Å². The average Bonchev–Trinajstić information content (AvgIpc) is 2.60. The Balaban J connectivity index is 2.16. The zero-order chi connectivity index (χ0) is 18.1. The lowest BCUT2D eigenvalue weighted by atomic mass is 10.0. The van der Waals surface area contributed by atoms with Crippen molar-refractivity contribution < 1.29 is 19.1 Å². The van der Waals surface area contributed by atoms with Gasteiger partial charge >= 0.3 is 12.0 Å². The number of nitrogens with one attached hydrogen (secondary N) is 1. The van der Waals surface area contributed by atoms with Gasteiger partial charge in [0.2, 0.25) is 0 Å². The molecule has 7 heteroatoms. The summed E-state index contributed by atoms with van der Waals surface area (Å²) in [6.07, 6.45) is -0.153. The Hall–Kier alpha value is -3.53. The normalized spacial score (nSPS) is 11.0. The molecule has 0 saturated carbocycles. The summed E-state index contributed by atoms with van der Waals surface area (Å²) in [4.78, 5) is 23.0. The highest BCUT2D eigenvalue weighted by Gasteiger charge is 2.19. The molecule has 0 fully saturated rings. The van der Waals surface area contributed by atoms with Gasteiger partial charge in [-0.15, -0.1) is 0 Å². The van der Waals surface area contributed by atoms with Crippen molar-refractivity contribution in [2.24, 2.45) is 5.73 Å². The van der Waals surface area contributed by atoms with Crippen molar-refractivity contribution in [3.05, 3.63) is 60.2 Å². The Kier molecular flexibility index (Phi) is 6.37. The Bertz CT molecular complexity index is 771. The van der Waals surface area contributed by atoms with Crippen LogP contribution in [-0.4, -0.2) is 18.6 Å². The number of primary amides is 1. The molecule has 128 valence electrons. The van der Waals surface area contributed by atoms with E-state index in [2.05, 4.69) is 5.32 Å². The molecule has 1 unspecified atom stereocenters. The Morgan fingerprint density at radius 1 is 1.12 bits per heavy atom. The van der Waals surface area contributed by atoms with Gasteiger partial charge in [-0.25, -0.2) is 4.79 Å². The Morgan fingerprint density at radius 3 is 2.52 bits per heavy atom. The number of esters is 1. The number of nitrogens with zero attached hydrogens (tertiary/aromatic N) is 1. The molecule has 0 aliphatic carbocycles. The number of hydrogen-bond donors (Lipinski definition) is 2. The van der Waals surface area contributed by atoms with Gasteiger partial charge in [-0.1, -0.05) is 30.3 Å². The molecule has 7 nitrogen and oxygen atoms in total. The number of carbonyl (C=O) groups is 2. The summed E-state index contributed by atoms with van der Waals surface area (Å²) in [5.41, 5.74) is 5.81. The predicted molar refractivity (Wildman–Crippen MR) is 89.6 cm³/mol. The number of carbonyl (C=O) groups excluding carboxylic acids is 2. The van der Waals surface area contributed by atoms with Gasteiger partial charge in [0, 0.05) is 0 Å². The molecule has 0 aliphatic heterocycles. The Labute approximate surface area is 145 Å². The minimum absolute atomic E-state index is 0.153. The first kappa shape index (κ1) is 17.8. The fraction of sp³-hybridized carbons (Fsp3) is 0.167. The van der Waals surface area contributed by atoms with E-state index in [0.717, 1.165) is 0 Å². The molecule has 0 saturated heterocycles. The lowest BCUT2D eigenvalue weighted by molar-refractivity contribution is -0.142. The third-order valence-electron chi connectivity index (χ3n) is 3.22. The van der Waals surface area contributed by atoms with Crippen LogP contribution in [0.5, 0.6) is 11.5 Å². The van der Waals surface area contributed by atoms with Crippen LogP contribution in [0.15, 0.2) is 54.6 Å². The molecule has 0 aliphatic rings. The highest BCUT2D eigenvalue weighted by atomic mass is 16.5. The molecule has 2 amide bonds. The van der Waals surface area contributed by atoms with Crippen LogP contribution in [0.3, 0.4) is 0 Å². The van der Waals surface area contributed by atoms with E-state index < -0.39 is 18.0 Å². The van der Waals surface area contributed by atoms with Crippen LogP contribution in [0.1, 0.15) is 18.0 Å². The van der Waals surface area contributed by atoms with Crippen molar-refractivity contribution in [2.45, 2.75) is 12.5 Å². The van der Waals surface area contributed by atoms with E-state index >= 15 is 0 Å². The second-order valence-corrected chi connectivity index (χ2v) is 5.07. The second kappa shape index (κ2) is 8.93. The number of rotatable bonds is 7. The number of benzene rings is 2. The molecule has 2 aromatic rings. The summed E-state index contributed by atoms with van der Waals surface area (Å²) in [7, 11) is 0. The van der Waals surface area contributed by atoms with Crippen molar-refractivity contribution in [3.63, 3.8) is 0 Å². The number of nitriles is 1. The highest BCUT2D eigenvalue weighted by molar-refractivity contribution is 5.75. The summed E-state index contributed by atoms with van der Waals surface area (Å²) >= 11 is 0. The molecule has 0 spiro atoms. The van der Waals surface area contributed by atoms with Gasteiger partial charge in [0.1, 0.15) is 17.6 Å². The maximum absolute atomic E-state index is 11.7. The van der Waals surface area contributed by atoms with Crippen LogP contribution in [0, 0.1) is 11.3 Å². The van der Waals surface area contributed by atoms with Crippen molar-refractivity contribution in [3.8, 4) is 17.6 Å². The number of nitrogens with two attached hydrogens (primary N) is 1. The molecule has 25 heavy (non-hydrogen) atoms. The number of urea groups is 1. The highest BCUT2D eigenvalue weighted by Crippen LogP contribution is 2.26. The standard InChI is InChI=1S/C18H17N3O4/c19-9-10-24-17(22)12-16(21-18(20)23)13-5-4-8-15(11-13)25-14-6-2-1-3-7-14/h1-8,11,16H,10,12H2,(H3,20,21,23). The van der Waals surface area contributed by atoms with Crippen molar-refractivity contribution >= 4 is 12.0 Å². The monoisotopic (exact) mass is 339 g/mol. The maximum atomic E-state index is 11.7. The predicted octanol–water partition coefficient (Wildman–Crippen LogP) is 2.65. The van der Waals surface area contributed by atoms with Crippen molar-refractivity contribution in [1.29, 1.82) is 5.26 Å². The molecule has 0 aromatic heterocycles. The number of ether oxygens (including phenoxy) is 2. The smallest absolute Gasteiger partial charge is 0.312 e. The van der Waals surface area contributed by atoms with Gasteiger partial charge in [0.25, 0.3) is 0 Å². The van der Waals surface area contributed by atoms with E-state index in [9.17, 15) is 9.59 Å². The van der Waals surface area contributed by atoms with Crippen LogP contribution < -0.4 is 15.8 Å². The van der Waals surface area contributed by atoms with Gasteiger partial charge in [-0.2, -0.15) is 5.26 Å². The fourth-order valence-electron chi connectivity index (χ4n) is 2.18. The SMILES string of the molecule is N#CCOC(=O)CC(NC(N)=O)c1cccc(Oc2ccccc2)c1. The second-order valence-electron chi connectivity index (χ2n) is 5.07. The van der Waals surface area contributed by atoms with E-state index in [0.29, 0.717) is 17.1 Å². The number of para-hydroxylation sites is 1. The summed E-state index contributed by atoms with van der Waals surface area (Å²) in [5.74, 6) is 0.590. The molecule has 1 atom stereocenters. The van der Waals surface area contributed by atoms with Gasteiger partial charge in [-0.05, 0) is 29.8 Å². The first-order valence-corrected chi connectivity index (χ1v) is 7.50. The largest absolute Gasteiger partial charge is 0.457 e. The third-order valence-corrected chi connectivity index (χ3v) is 3.22. The molecule has 0 heterocycles. The summed E-state index contributed by atoms with van der Waals surface area (Å²) in [6, 6.07) is 16.4. The van der Waals surface area contributed by atoms with Crippen LogP contribution in [-0.2, 0) is 9.53 Å². The lowest BCUT2D eigenvalue weighted by Crippen LogP contribution is -2.34. The summed E-state index contributed by atoms with van der Waals surface area (Å²) in [6.45, 7) is -0.348. The first-order valence-electron chi connectivity index (χ1n) is 7.50. The van der Waals surface area contributed by atoms with E-state index in [1.807, 2.05) is 30.3 Å². The molecular formula is C18H17N3O4. The zero-order valence-electron chi connectivity index (χ0n) is 13.3. The minimum Gasteiger partial charge on any atom is -0.457 e. The first-order chi connectivity index (χ1) is 12.1. The van der Waals surface area contributed by atoms with Crippen LogP contribution >= 0.6 is 0 Å². The summed E-state index contributed by atoms with van der Waals surface area (Å²) in [5, 5.41) is 10.9. The zero-order valence-corrected chi connectivity index (χ0v) is 13.3. The minimum atomic E-state index is -0.771. The Morgan fingerprint density at radius 2 is 1.84 bits per heavy atom. The van der Waals surface area contributed by atoms with Gasteiger partial charge < -0.3 is 20.5 Å². The molecular weight excluding hydrogens is 322 g/mol. The molecule has 2 rings (SSSR count). The number of amides is 2. The maximum Gasteiger partial charge on any atom is 0.312 e. The number of hydrogen-bond acceptors (Lipinski definition) is 5. The quantitative estimate of drug-likeness (QED) is 0.753. The molecule has 0 radical (unpaired) electrons. The molecule has 3 N–H and O–H groups in total. The van der Waals surface area contributed by atoms with E-state index in [-0.39, 0.29) is 13.0 Å². The third kappa shape index (κ3) is 5.88. The van der Waals surface area contributed by atoms with Crippen LogP contribution in [0.2, 0.25) is 0 Å². The van der Waals surface area contributed by atoms with E-state index in [1.54, 1.807) is 30.3 Å². The van der Waals surface area contributed by atoms with E-state index in [1.165, 1.54) is 0 Å². The van der Waals surface area contributed by atoms with Crippen LogP contribution in [0.25, 0.3) is 0 Å². The van der Waals surface area contributed by atoms with Crippen molar-refractivity contribution in [1.82, 2.24) is 5.32 Å². The van der Waals surface area contributed by atoms with Gasteiger partial charge in [-0.3, -0.25) is 4.79 Å². The summed E-state index contributed by atoms with van der Waals surface area (Å²) < 4.78 is 10.5. The average molecular weight is 339 g/mol. The van der Waals surface area contributed by atoms with Crippen molar-refractivity contribution in [2.75, 3.05) is 6.61 Å². The topological polar surface area (TPSA) is 114 Å². The molecule has 2 aromatic carbocycles. The van der Waals surface area contributed by atoms with Gasteiger partial charge in [0.15, 0.2) is 6.61 Å².